The minimum absolute atomic E-state index is 0.151. The van der Waals surface area contributed by atoms with Crippen molar-refractivity contribution in [3.8, 4) is 11.6 Å². The second kappa shape index (κ2) is 9.29. The van der Waals surface area contributed by atoms with Crippen molar-refractivity contribution in [2.75, 3.05) is 18.4 Å². The standard InChI is InChI=1S/C26H27FN4O2/c1-17-13-19-5-6-23(25(27)22(19)14-17)33-24-7-10-28-26(30-24)29-20-4-2-3-18(15-20)16-31-11-8-21(32)9-12-31/h2-7,10,14-15,21,32H,8-9,11-13,16H2,1H3,(H,28,29,30). The molecule has 0 atom stereocenters. The summed E-state index contributed by atoms with van der Waals surface area (Å²) in [6.45, 7) is 4.62. The third-order valence-corrected chi connectivity index (χ3v) is 6.09. The van der Waals surface area contributed by atoms with Gasteiger partial charge in [-0.1, -0.05) is 29.8 Å². The molecule has 170 valence electrons. The number of ether oxygens (including phenoxy) is 1. The number of nitrogens with one attached hydrogen (secondary N) is 1. The first kappa shape index (κ1) is 21.6. The van der Waals surface area contributed by atoms with Gasteiger partial charge in [0, 0.05) is 43.1 Å². The number of hydrogen-bond donors (Lipinski definition) is 2. The fraction of sp³-hybridized carbons (Fsp3) is 0.308. The van der Waals surface area contributed by atoms with E-state index in [1.54, 1.807) is 18.3 Å². The highest BCUT2D eigenvalue weighted by molar-refractivity contribution is 5.65. The summed E-state index contributed by atoms with van der Waals surface area (Å²) in [6, 6.07) is 13.3. The van der Waals surface area contributed by atoms with Crippen molar-refractivity contribution >= 4 is 17.7 Å². The first-order valence-electron chi connectivity index (χ1n) is 11.3. The molecule has 5 rings (SSSR count). The monoisotopic (exact) mass is 446 g/mol. The van der Waals surface area contributed by atoms with E-state index in [2.05, 4.69) is 32.3 Å². The average Bonchev–Trinajstić information content (AvgIpc) is 3.19. The lowest BCUT2D eigenvalue weighted by molar-refractivity contribution is 0.0792. The molecule has 0 unspecified atom stereocenters. The lowest BCUT2D eigenvalue weighted by Gasteiger charge is -2.29. The van der Waals surface area contributed by atoms with Gasteiger partial charge in [-0.2, -0.15) is 4.98 Å². The van der Waals surface area contributed by atoms with Gasteiger partial charge in [-0.15, -0.1) is 0 Å². The Morgan fingerprint density at radius 1 is 1.18 bits per heavy atom. The fourth-order valence-electron chi connectivity index (χ4n) is 4.38. The van der Waals surface area contributed by atoms with E-state index in [1.807, 2.05) is 31.2 Å². The Hall–Kier alpha value is -3.29. The van der Waals surface area contributed by atoms with Crippen molar-refractivity contribution in [1.29, 1.82) is 0 Å². The van der Waals surface area contributed by atoms with Gasteiger partial charge in [0.2, 0.25) is 11.8 Å². The van der Waals surface area contributed by atoms with Gasteiger partial charge in [0.25, 0.3) is 0 Å². The maximum absolute atomic E-state index is 14.9. The molecule has 33 heavy (non-hydrogen) atoms. The van der Waals surface area contributed by atoms with Gasteiger partial charge in [0.05, 0.1) is 6.10 Å². The molecular formula is C26H27FN4O2. The van der Waals surface area contributed by atoms with Crippen LogP contribution < -0.4 is 10.1 Å². The number of benzene rings is 2. The number of nitrogens with zero attached hydrogens (tertiary/aromatic N) is 3. The topological polar surface area (TPSA) is 70.5 Å². The van der Waals surface area contributed by atoms with Crippen LogP contribution in [0.1, 0.15) is 36.5 Å². The molecule has 0 amide bonds. The molecule has 6 nitrogen and oxygen atoms in total. The zero-order valence-corrected chi connectivity index (χ0v) is 18.6. The Kier molecular flexibility index (Phi) is 6.07. The maximum Gasteiger partial charge on any atom is 0.230 e. The number of halogens is 1. The molecule has 2 aromatic carbocycles. The summed E-state index contributed by atoms with van der Waals surface area (Å²) in [5.41, 5.74) is 4.74. The smallest absolute Gasteiger partial charge is 0.230 e. The molecule has 1 aliphatic carbocycles. The molecule has 1 aromatic heterocycles. The Bertz CT molecular complexity index is 1190. The Labute approximate surface area is 192 Å². The number of piperidine rings is 1. The Balaban J connectivity index is 1.27. The van der Waals surface area contributed by atoms with Crippen LogP contribution in [0.2, 0.25) is 0 Å². The fourth-order valence-corrected chi connectivity index (χ4v) is 4.38. The molecule has 2 heterocycles. The minimum Gasteiger partial charge on any atom is -0.436 e. The summed E-state index contributed by atoms with van der Waals surface area (Å²) in [5, 5.41) is 12.9. The second-order valence-corrected chi connectivity index (χ2v) is 8.77. The third kappa shape index (κ3) is 5.05. The van der Waals surface area contributed by atoms with Crippen LogP contribution in [0.25, 0.3) is 6.08 Å². The zero-order chi connectivity index (χ0) is 22.8. The van der Waals surface area contributed by atoms with Crippen molar-refractivity contribution in [1.82, 2.24) is 14.9 Å². The summed E-state index contributed by atoms with van der Waals surface area (Å²) in [7, 11) is 0. The number of likely N-dealkylation sites (tertiary alicyclic amines) is 1. The molecule has 0 radical (unpaired) electrons. The van der Waals surface area contributed by atoms with Crippen LogP contribution in [0.5, 0.6) is 11.6 Å². The summed E-state index contributed by atoms with van der Waals surface area (Å²) in [4.78, 5) is 11.0. The zero-order valence-electron chi connectivity index (χ0n) is 18.6. The van der Waals surface area contributed by atoms with Gasteiger partial charge in [0.15, 0.2) is 11.6 Å². The van der Waals surface area contributed by atoms with E-state index < -0.39 is 0 Å². The number of hydrogen-bond acceptors (Lipinski definition) is 6. The maximum atomic E-state index is 14.9. The molecular weight excluding hydrogens is 419 g/mol. The van der Waals surface area contributed by atoms with E-state index in [4.69, 9.17) is 4.74 Å². The first-order chi connectivity index (χ1) is 16.0. The van der Waals surface area contributed by atoms with Crippen molar-refractivity contribution in [2.24, 2.45) is 0 Å². The molecule has 1 fully saturated rings. The Morgan fingerprint density at radius 2 is 2.03 bits per heavy atom. The highest BCUT2D eigenvalue weighted by Gasteiger charge is 2.19. The van der Waals surface area contributed by atoms with E-state index in [1.165, 1.54) is 5.56 Å². The molecule has 7 heteroatoms. The number of aromatic nitrogens is 2. The van der Waals surface area contributed by atoms with Crippen molar-refractivity contribution in [3.63, 3.8) is 0 Å². The van der Waals surface area contributed by atoms with E-state index in [0.29, 0.717) is 11.5 Å². The van der Waals surface area contributed by atoms with E-state index in [-0.39, 0.29) is 23.6 Å². The number of aliphatic hydroxyl groups excluding tert-OH is 1. The SMILES string of the molecule is CC1=Cc2c(ccc(Oc3ccnc(Nc4cccc(CN5CCC(O)CC5)c4)n3)c2F)C1. The molecule has 2 aliphatic rings. The normalized spacial score (nSPS) is 16.4. The summed E-state index contributed by atoms with van der Waals surface area (Å²) in [6.07, 6.45) is 5.68. The predicted octanol–water partition coefficient (Wildman–Crippen LogP) is 5.07. The van der Waals surface area contributed by atoms with E-state index in [9.17, 15) is 9.50 Å². The highest BCUT2D eigenvalue weighted by Crippen LogP contribution is 2.34. The minimum atomic E-state index is -0.365. The molecule has 3 aromatic rings. The van der Waals surface area contributed by atoms with Crippen molar-refractivity contribution < 1.29 is 14.2 Å². The molecule has 0 bridgehead atoms. The molecule has 0 spiro atoms. The lowest BCUT2D eigenvalue weighted by atomic mass is 10.1. The molecule has 1 saturated heterocycles. The third-order valence-electron chi connectivity index (χ3n) is 6.09. The van der Waals surface area contributed by atoms with Crippen LogP contribution in [0.4, 0.5) is 16.0 Å². The van der Waals surface area contributed by atoms with Gasteiger partial charge in [-0.05, 0) is 55.5 Å². The number of aliphatic hydroxyl groups is 1. The van der Waals surface area contributed by atoms with Crippen molar-refractivity contribution in [3.05, 3.63) is 76.7 Å². The van der Waals surface area contributed by atoms with Crippen molar-refractivity contribution in [2.45, 2.75) is 38.8 Å². The van der Waals surface area contributed by atoms with Gasteiger partial charge >= 0.3 is 0 Å². The second-order valence-electron chi connectivity index (χ2n) is 8.77. The quantitative estimate of drug-likeness (QED) is 0.551. The van der Waals surface area contributed by atoms with Gasteiger partial charge in [-0.3, -0.25) is 4.90 Å². The van der Waals surface area contributed by atoms with Crippen LogP contribution in [-0.2, 0) is 13.0 Å². The van der Waals surface area contributed by atoms with Crippen LogP contribution in [-0.4, -0.2) is 39.2 Å². The average molecular weight is 447 g/mol. The summed E-state index contributed by atoms with van der Waals surface area (Å²) >= 11 is 0. The summed E-state index contributed by atoms with van der Waals surface area (Å²) in [5.74, 6) is 0.435. The predicted molar refractivity (Wildman–Crippen MR) is 126 cm³/mol. The molecule has 1 aliphatic heterocycles. The highest BCUT2D eigenvalue weighted by atomic mass is 19.1. The van der Waals surface area contributed by atoms with Crippen LogP contribution in [0.3, 0.4) is 0 Å². The van der Waals surface area contributed by atoms with E-state index in [0.717, 1.165) is 55.7 Å². The summed E-state index contributed by atoms with van der Waals surface area (Å²) < 4.78 is 20.7. The van der Waals surface area contributed by atoms with Crippen LogP contribution in [0, 0.1) is 5.82 Å². The number of anilines is 2. The van der Waals surface area contributed by atoms with Crippen LogP contribution >= 0.6 is 0 Å². The molecule has 0 saturated carbocycles. The van der Waals surface area contributed by atoms with Gasteiger partial charge in [0.1, 0.15) is 0 Å². The number of allylic oxidation sites excluding steroid dienone is 1. The first-order valence-corrected chi connectivity index (χ1v) is 11.3. The van der Waals surface area contributed by atoms with E-state index >= 15 is 0 Å². The van der Waals surface area contributed by atoms with Crippen LogP contribution in [0.15, 0.2) is 54.2 Å². The lowest BCUT2D eigenvalue weighted by Crippen LogP contribution is -2.35. The number of fused-ring (bicyclic) bond motifs is 1. The largest absolute Gasteiger partial charge is 0.436 e. The number of rotatable bonds is 6. The molecule has 2 N–H and O–H groups in total. The Morgan fingerprint density at radius 3 is 2.88 bits per heavy atom. The van der Waals surface area contributed by atoms with Gasteiger partial charge in [-0.25, -0.2) is 9.37 Å². The van der Waals surface area contributed by atoms with Gasteiger partial charge < -0.3 is 15.2 Å².